The van der Waals surface area contributed by atoms with E-state index in [1.807, 2.05) is 48.8 Å². The first-order chi connectivity index (χ1) is 17.3. The van der Waals surface area contributed by atoms with Gasteiger partial charge >= 0.3 is 0 Å². The molecule has 0 saturated carbocycles. The van der Waals surface area contributed by atoms with Crippen LogP contribution in [0.2, 0.25) is 0 Å². The van der Waals surface area contributed by atoms with Crippen LogP contribution >= 0.6 is 11.3 Å². The van der Waals surface area contributed by atoms with Crippen molar-refractivity contribution in [2.45, 2.75) is 38.1 Å². The van der Waals surface area contributed by atoms with Crippen LogP contribution in [-0.4, -0.2) is 49.5 Å². The number of carbonyl (C=O) groups is 1. The molecule has 0 aliphatic carbocycles. The highest BCUT2D eigenvalue weighted by molar-refractivity contribution is 7.89. The molecule has 0 fully saturated rings. The molecule has 3 aromatic rings. The van der Waals surface area contributed by atoms with Crippen LogP contribution in [0.3, 0.4) is 0 Å². The van der Waals surface area contributed by atoms with Gasteiger partial charge in [0.2, 0.25) is 10.0 Å². The van der Waals surface area contributed by atoms with Gasteiger partial charge in [-0.05, 0) is 49.7 Å². The maximum atomic E-state index is 13.0. The van der Waals surface area contributed by atoms with Crippen LogP contribution in [0.5, 0.6) is 0 Å². The van der Waals surface area contributed by atoms with Crippen molar-refractivity contribution < 1.29 is 17.9 Å². The average molecular weight is 526 g/mol. The number of nitriles is 2. The van der Waals surface area contributed by atoms with Gasteiger partial charge < -0.3 is 9.30 Å². The lowest BCUT2D eigenvalue weighted by Gasteiger charge is -2.20. The third-order valence-corrected chi connectivity index (χ3v) is 8.40. The summed E-state index contributed by atoms with van der Waals surface area (Å²) < 4.78 is 35.6. The number of aryl methyl sites for hydroxylation is 1. The highest BCUT2D eigenvalue weighted by Gasteiger charge is 2.24. The maximum Gasteiger partial charge on any atom is 0.279 e. The van der Waals surface area contributed by atoms with Gasteiger partial charge in [-0.25, -0.2) is 8.42 Å². The van der Waals surface area contributed by atoms with Gasteiger partial charge in [-0.3, -0.25) is 4.79 Å². The Balaban J connectivity index is 1.93. The van der Waals surface area contributed by atoms with Crippen molar-refractivity contribution in [1.29, 1.82) is 10.5 Å². The quantitative estimate of drug-likeness (QED) is 0.352. The minimum atomic E-state index is -3.92. The van der Waals surface area contributed by atoms with Gasteiger partial charge in [0.25, 0.3) is 5.91 Å². The zero-order valence-corrected chi connectivity index (χ0v) is 21.8. The van der Waals surface area contributed by atoms with Crippen molar-refractivity contribution in [2.75, 3.05) is 26.3 Å². The molecule has 9 nitrogen and oxygen atoms in total. The monoisotopic (exact) mass is 525 g/mol. The van der Waals surface area contributed by atoms with Crippen molar-refractivity contribution in [1.82, 2.24) is 8.87 Å². The SMILES string of the molecule is CCOCCn1c(=NC(=O)c2ccc(S(=O)(=O)N(CCC#N)CCC#N)cc2)sc2cccc(C)c21. The molecule has 1 heterocycles. The van der Waals surface area contributed by atoms with Gasteiger partial charge in [0.1, 0.15) is 0 Å². The number of para-hydroxylation sites is 1. The van der Waals surface area contributed by atoms with E-state index in [1.54, 1.807) is 0 Å². The fourth-order valence-corrected chi connectivity index (χ4v) is 6.25. The molecule has 0 aliphatic rings. The number of nitrogens with zero attached hydrogens (tertiary/aromatic N) is 5. The summed E-state index contributed by atoms with van der Waals surface area (Å²) in [5, 5.41) is 17.7. The van der Waals surface area contributed by atoms with Crippen molar-refractivity contribution in [3.05, 3.63) is 58.4 Å². The van der Waals surface area contributed by atoms with Gasteiger partial charge in [-0.15, -0.1) is 0 Å². The first-order valence-electron chi connectivity index (χ1n) is 11.4. The Bertz CT molecular complexity index is 1460. The number of thiazole rings is 1. The second-order valence-corrected chi connectivity index (χ2v) is 10.8. The van der Waals surface area contributed by atoms with E-state index in [2.05, 4.69) is 4.99 Å². The standard InChI is InChI=1S/C25H27N5O4S2/c1-3-34-18-17-30-23-19(2)7-4-8-22(23)35-25(30)28-24(31)20-9-11-21(12-10-20)36(32,33)29(15-5-13-26)16-6-14-27/h4,7-12H,3,5-6,15-18H2,1-2H3. The average Bonchev–Trinajstić information content (AvgIpc) is 3.22. The molecule has 0 aliphatic heterocycles. The van der Waals surface area contributed by atoms with Gasteiger partial charge in [-0.2, -0.15) is 19.8 Å². The molecule has 1 amide bonds. The number of amides is 1. The molecule has 188 valence electrons. The molecule has 0 saturated heterocycles. The number of rotatable bonds is 11. The van der Waals surface area contributed by atoms with Gasteiger partial charge in [0, 0.05) is 44.6 Å². The fraction of sp³-hybridized carbons (Fsp3) is 0.360. The highest BCUT2D eigenvalue weighted by atomic mass is 32.2. The molecule has 0 unspecified atom stereocenters. The van der Waals surface area contributed by atoms with Crippen LogP contribution in [-0.2, 0) is 21.3 Å². The highest BCUT2D eigenvalue weighted by Crippen LogP contribution is 2.21. The minimum absolute atomic E-state index is 0.0103. The predicted molar refractivity (Wildman–Crippen MR) is 137 cm³/mol. The van der Waals surface area contributed by atoms with Crippen molar-refractivity contribution in [2.24, 2.45) is 4.99 Å². The second kappa shape index (κ2) is 12.6. The predicted octanol–water partition coefficient (Wildman–Crippen LogP) is 3.61. The fourth-order valence-electron chi connectivity index (χ4n) is 3.67. The van der Waals surface area contributed by atoms with Crippen LogP contribution in [0.25, 0.3) is 10.2 Å². The van der Waals surface area contributed by atoms with E-state index in [4.69, 9.17) is 15.3 Å². The first kappa shape index (κ1) is 27.2. The van der Waals surface area contributed by atoms with E-state index in [0.717, 1.165) is 20.1 Å². The zero-order valence-electron chi connectivity index (χ0n) is 20.2. The molecule has 1 aromatic heterocycles. The summed E-state index contributed by atoms with van der Waals surface area (Å²) in [6.07, 6.45) is 0.0239. The number of hydrogen-bond acceptors (Lipinski definition) is 7. The molecule has 0 spiro atoms. The van der Waals surface area contributed by atoms with Crippen LogP contribution in [0.1, 0.15) is 35.7 Å². The molecule has 0 N–H and O–H groups in total. The summed E-state index contributed by atoms with van der Waals surface area (Å²) in [6.45, 7) is 5.53. The Labute approximate surface area is 214 Å². The molecule has 3 rings (SSSR count). The lowest BCUT2D eigenvalue weighted by Crippen LogP contribution is -2.32. The first-order valence-corrected chi connectivity index (χ1v) is 13.7. The van der Waals surface area contributed by atoms with Crippen molar-refractivity contribution >= 4 is 37.5 Å². The third kappa shape index (κ3) is 6.25. The lowest BCUT2D eigenvalue weighted by atomic mass is 10.2. The Morgan fingerprint density at radius 3 is 2.39 bits per heavy atom. The number of carbonyl (C=O) groups excluding carboxylic acids is 1. The zero-order chi connectivity index (χ0) is 26.1. The molecule has 0 radical (unpaired) electrons. The van der Waals surface area contributed by atoms with Gasteiger partial charge in [0.05, 0.1) is 33.9 Å². The Kier molecular flexibility index (Phi) is 9.51. The maximum absolute atomic E-state index is 13.0. The molecular weight excluding hydrogens is 498 g/mol. The van der Waals surface area contributed by atoms with E-state index in [-0.39, 0.29) is 36.4 Å². The van der Waals surface area contributed by atoms with Crippen LogP contribution in [0, 0.1) is 29.6 Å². The summed E-state index contributed by atoms with van der Waals surface area (Å²) in [4.78, 5) is 17.9. The number of fused-ring (bicyclic) bond motifs is 1. The summed E-state index contributed by atoms with van der Waals surface area (Å²) in [6, 6.07) is 15.3. The molecular formula is C25H27N5O4S2. The third-order valence-electron chi connectivity index (χ3n) is 5.45. The largest absolute Gasteiger partial charge is 0.380 e. The van der Waals surface area contributed by atoms with Crippen molar-refractivity contribution in [3.63, 3.8) is 0 Å². The summed E-state index contributed by atoms with van der Waals surface area (Å²) in [5.74, 6) is -0.487. The van der Waals surface area contributed by atoms with E-state index in [1.165, 1.54) is 35.6 Å². The summed E-state index contributed by atoms with van der Waals surface area (Å²) in [7, 11) is -3.92. The molecule has 0 atom stereocenters. The number of aromatic nitrogens is 1. The molecule has 36 heavy (non-hydrogen) atoms. The van der Waals surface area contributed by atoms with E-state index >= 15 is 0 Å². The molecule has 2 aromatic carbocycles. The van der Waals surface area contributed by atoms with E-state index in [0.29, 0.717) is 24.6 Å². The number of sulfonamides is 1. The molecule has 0 bridgehead atoms. The van der Waals surface area contributed by atoms with E-state index in [9.17, 15) is 13.2 Å². The van der Waals surface area contributed by atoms with Crippen molar-refractivity contribution in [3.8, 4) is 12.1 Å². The molecule has 11 heteroatoms. The second-order valence-electron chi connectivity index (χ2n) is 7.82. The van der Waals surface area contributed by atoms with Crippen LogP contribution < -0.4 is 4.80 Å². The summed E-state index contributed by atoms with van der Waals surface area (Å²) >= 11 is 1.41. The van der Waals surface area contributed by atoms with Gasteiger partial charge in [-0.1, -0.05) is 23.5 Å². The number of ether oxygens (including phenoxy) is 1. The normalized spacial score (nSPS) is 12.1. The number of benzene rings is 2. The summed E-state index contributed by atoms with van der Waals surface area (Å²) in [5.41, 5.74) is 2.33. The van der Waals surface area contributed by atoms with Gasteiger partial charge in [0.15, 0.2) is 4.80 Å². The lowest BCUT2D eigenvalue weighted by molar-refractivity contribution is 0.0996. The topological polar surface area (TPSA) is 129 Å². The Hall–Kier alpha value is -3.35. The van der Waals surface area contributed by atoms with E-state index < -0.39 is 15.9 Å². The Morgan fingerprint density at radius 1 is 1.11 bits per heavy atom. The minimum Gasteiger partial charge on any atom is -0.380 e. The van der Waals surface area contributed by atoms with Crippen LogP contribution in [0.15, 0.2) is 52.4 Å². The smallest absolute Gasteiger partial charge is 0.279 e. The number of hydrogen-bond donors (Lipinski definition) is 0. The van der Waals surface area contributed by atoms with Crippen LogP contribution in [0.4, 0.5) is 0 Å². The Morgan fingerprint density at radius 2 is 1.78 bits per heavy atom.